The van der Waals surface area contributed by atoms with Crippen molar-refractivity contribution < 1.29 is 71.6 Å². The van der Waals surface area contributed by atoms with Gasteiger partial charge in [-0.05, 0) is 296 Å². The summed E-state index contributed by atoms with van der Waals surface area (Å²) in [6.07, 6.45) is 13.3. The zero-order chi connectivity index (χ0) is 76.0. The highest BCUT2D eigenvalue weighted by Crippen LogP contribution is 2.51. The van der Waals surface area contributed by atoms with Crippen molar-refractivity contribution in [2.24, 2.45) is 27.1 Å². The summed E-state index contributed by atoms with van der Waals surface area (Å²) >= 11 is 7.41. The van der Waals surface area contributed by atoms with Gasteiger partial charge in [-0.25, -0.2) is 0 Å². The Bertz CT molecular complexity index is 3470. The number of hydrogen-bond donors (Lipinski definition) is 0. The minimum Gasteiger partial charge on any atom is -0.460 e. The molecular weight excluding hydrogens is 1360 g/mol. The number of carbonyl (C=O) groups is 10. The predicted octanol–water partition coefficient (Wildman–Crippen LogP) is 20.5. The van der Waals surface area contributed by atoms with Gasteiger partial charge in [-0.3, -0.25) is 47.9 Å². The third-order valence-electron chi connectivity index (χ3n) is 17.1. The van der Waals surface area contributed by atoms with E-state index in [0.717, 1.165) is 119 Å². The number of carbonyl (C=O) groups excluding carboxylic acids is 10. The van der Waals surface area contributed by atoms with Crippen LogP contribution in [0.4, 0.5) is 0 Å². The summed E-state index contributed by atoms with van der Waals surface area (Å²) in [5, 5.41) is 0. The zero-order valence-corrected chi connectivity index (χ0v) is 68.3. The van der Waals surface area contributed by atoms with Gasteiger partial charge in [0.2, 0.25) is 0 Å². The van der Waals surface area contributed by atoms with Crippen LogP contribution in [0.5, 0.6) is 0 Å². The molecule has 20 heteroatoms. The van der Waals surface area contributed by atoms with Crippen LogP contribution in [0.1, 0.15) is 310 Å². The van der Waals surface area contributed by atoms with E-state index in [4.69, 9.17) is 23.7 Å². The fraction of sp³-hybridized carbons (Fsp3) is 0.625. The molecular formula is C80H114O15S5. The second-order valence-corrected chi connectivity index (χ2v) is 38.6. The number of esters is 5. The fourth-order valence-corrected chi connectivity index (χ4v) is 16.5. The Labute approximate surface area is 616 Å². The van der Waals surface area contributed by atoms with E-state index in [0.29, 0.717) is 32.1 Å². The van der Waals surface area contributed by atoms with Crippen LogP contribution < -0.4 is 0 Å². The van der Waals surface area contributed by atoms with Crippen LogP contribution in [0, 0.1) is 27.1 Å². The minimum absolute atomic E-state index is 0.0614. The number of thiophene rings is 5. The fourth-order valence-electron chi connectivity index (χ4n) is 11.1. The van der Waals surface area contributed by atoms with Crippen molar-refractivity contribution in [3.63, 3.8) is 0 Å². The van der Waals surface area contributed by atoms with E-state index >= 15 is 0 Å². The van der Waals surface area contributed by atoms with E-state index in [1.807, 2.05) is 192 Å². The van der Waals surface area contributed by atoms with Crippen molar-refractivity contribution in [3.8, 4) is 0 Å². The van der Waals surface area contributed by atoms with E-state index in [1.165, 1.54) is 56.7 Å². The lowest BCUT2D eigenvalue weighted by atomic mass is 9.66. The number of Topliss-reactive ketones (excluding diaryl/α,β-unsaturated/α-hetero) is 5. The average molecular weight is 1480 g/mol. The molecule has 5 heterocycles. The van der Waals surface area contributed by atoms with Crippen molar-refractivity contribution in [2.75, 3.05) is 0 Å². The van der Waals surface area contributed by atoms with E-state index in [9.17, 15) is 47.9 Å². The Hall–Kier alpha value is -5.80. The SMILES string of the molecule is CC(=O)c1ccc(CC(C)(C)C(=O)OC(C)(C)C)s1.CC(=O)c1ccc(CC2(C(=O)OC(C)(C)C)CC2)s1.CC(=O)c1ccc(CC2(C(=O)OC(C)(C)C)CCC2)s1.CC(=O)c1ccc(CC2(C(=O)OC(C)(C)C)CCCC2)s1.CCC(CC)(Cc1ccc(C(C)=O)s1)C(=O)OC(C)(C)C. The van der Waals surface area contributed by atoms with Crippen molar-refractivity contribution in [3.05, 3.63) is 109 Å². The van der Waals surface area contributed by atoms with Gasteiger partial charge in [0.05, 0.1) is 51.5 Å². The molecule has 0 aliphatic heterocycles. The van der Waals surface area contributed by atoms with Gasteiger partial charge in [0, 0.05) is 24.4 Å². The van der Waals surface area contributed by atoms with Crippen LogP contribution in [0.3, 0.4) is 0 Å². The first kappa shape index (κ1) is 86.6. The smallest absolute Gasteiger partial charge is 0.312 e. The van der Waals surface area contributed by atoms with Gasteiger partial charge < -0.3 is 23.7 Å². The second kappa shape index (κ2) is 35.1. The molecule has 15 nitrogen and oxygen atoms in total. The van der Waals surface area contributed by atoms with Gasteiger partial charge in [-0.15, -0.1) is 56.7 Å². The summed E-state index contributed by atoms with van der Waals surface area (Å²) in [5.41, 5.74) is -4.50. The lowest BCUT2D eigenvalue weighted by Gasteiger charge is -2.40. The van der Waals surface area contributed by atoms with Gasteiger partial charge >= 0.3 is 29.8 Å². The van der Waals surface area contributed by atoms with Gasteiger partial charge in [0.1, 0.15) is 28.0 Å². The third-order valence-corrected chi connectivity index (χ3v) is 23.0. The highest BCUT2D eigenvalue weighted by atomic mass is 32.1. The molecule has 3 aliphatic rings. The Morgan fingerprint density at radius 1 is 0.320 bits per heavy atom. The number of rotatable bonds is 22. The van der Waals surface area contributed by atoms with E-state index in [2.05, 4.69) is 0 Å². The molecule has 3 saturated carbocycles. The van der Waals surface area contributed by atoms with Crippen molar-refractivity contribution >= 4 is 115 Å². The summed E-state index contributed by atoms with van der Waals surface area (Å²) in [7, 11) is 0. The summed E-state index contributed by atoms with van der Waals surface area (Å²) in [5.74, 6) is -0.232. The van der Waals surface area contributed by atoms with Crippen LogP contribution in [0.25, 0.3) is 0 Å². The van der Waals surface area contributed by atoms with Gasteiger partial charge in [-0.2, -0.15) is 0 Å². The van der Waals surface area contributed by atoms with Crippen LogP contribution in [0.2, 0.25) is 0 Å². The quantitative estimate of drug-likeness (QED) is 0.0358. The summed E-state index contributed by atoms with van der Waals surface area (Å²) in [4.78, 5) is 128. The highest BCUT2D eigenvalue weighted by molar-refractivity contribution is 7.15. The molecule has 0 radical (unpaired) electrons. The summed E-state index contributed by atoms with van der Waals surface area (Å²) in [6.45, 7) is 44.0. The summed E-state index contributed by atoms with van der Waals surface area (Å²) < 4.78 is 27.7. The predicted molar refractivity (Wildman–Crippen MR) is 405 cm³/mol. The molecule has 5 aromatic heterocycles. The standard InChI is InChI=1S/C17H24O3S.C17H26O3S.C16H22O3S.C15H20O3S.C15H22O3S/c1-12(18)14-8-7-13(21-14)11-17(9-5-6-10-17)15(19)20-16(2,3)4;1-7-17(8-2,15(19)20-16(4,5)6)11-13-9-10-14(21-13)12(3)18;1-11(17)13-7-6-12(20-13)10-16(8-5-9-16)14(18)19-15(2,3)4;1-10(16)12-6-5-11(19-12)9-15(7-8-15)13(17)18-14(2,3)4;1-10(16)12-8-7-11(19-12)9-15(5,6)13(17)18-14(2,3)4/h7-8H,5-6,9-11H2,1-4H3;9-10H,7-8,11H2,1-6H3;6-7H,5,8-10H2,1-4H3;5-6H,7-9H2,1-4H3;7-8H,9H2,1-6H3. The highest BCUT2D eigenvalue weighted by Gasteiger charge is 2.53. The van der Waals surface area contributed by atoms with Crippen molar-refractivity contribution in [1.29, 1.82) is 0 Å². The van der Waals surface area contributed by atoms with E-state index in [-0.39, 0.29) is 69.6 Å². The molecule has 3 aliphatic carbocycles. The van der Waals surface area contributed by atoms with Crippen LogP contribution in [-0.2, 0) is 79.8 Å². The monoisotopic (exact) mass is 1470 g/mol. The molecule has 5 aromatic rings. The molecule has 0 bridgehead atoms. The van der Waals surface area contributed by atoms with Crippen LogP contribution in [0.15, 0.2) is 60.7 Å². The molecule has 0 N–H and O–H groups in total. The third kappa shape index (κ3) is 27.4. The minimum atomic E-state index is -0.591. The van der Waals surface area contributed by atoms with Crippen LogP contribution in [-0.4, -0.2) is 86.8 Å². The number of ketones is 5. The molecule has 100 heavy (non-hydrogen) atoms. The van der Waals surface area contributed by atoms with Gasteiger partial charge in [-0.1, -0.05) is 33.1 Å². The average Bonchev–Trinajstić information content (AvgIpc) is 1.57. The lowest BCUT2D eigenvalue weighted by molar-refractivity contribution is -0.173. The topological polar surface area (TPSA) is 217 Å². The molecule has 0 atom stereocenters. The van der Waals surface area contributed by atoms with Gasteiger partial charge in [0.15, 0.2) is 28.9 Å². The maximum Gasteiger partial charge on any atom is 0.312 e. The molecule has 8 rings (SSSR count). The Morgan fingerprint density at radius 2 is 0.560 bits per heavy atom. The number of ether oxygens (including phenoxy) is 5. The first-order chi connectivity index (χ1) is 45.8. The molecule has 0 spiro atoms. The van der Waals surface area contributed by atoms with Crippen molar-refractivity contribution in [1.82, 2.24) is 0 Å². The maximum absolute atomic E-state index is 12.6. The first-order valence-electron chi connectivity index (χ1n) is 35.0. The Morgan fingerprint density at radius 3 is 0.790 bits per heavy atom. The summed E-state index contributed by atoms with van der Waals surface area (Å²) in [6, 6.07) is 19.0. The molecule has 554 valence electrons. The number of hydrogen-bond acceptors (Lipinski definition) is 20. The first-order valence-corrected chi connectivity index (χ1v) is 39.0. The molecule has 0 unspecified atom stereocenters. The second-order valence-electron chi connectivity index (χ2n) is 32.8. The molecule has 0 amide bonds. The normalized spacial score (nSPS) is 15.4. The van der Waals surface area contributed by atoms with Crippen molar-refractivity contribution in [2.45, 2.75) is 297 Å². The Balaban J connectivity index is 0.000000265. The maximum atomic E-state index is 12.6. The van der Waals surface area contributed by atoms with Crippen LogP contribution >= 0.6 is 56.7 Å². The molecule has 0 saturated heterocycles. The van der Waals surface area contributed by atoms with E-state index < -0.39 is 44.3 Å². The molecule has 3 fully saturated rings. The zero-order valence-electron chi connectivity index (χ0n) is 64.3. The van der Waals surface area contributed by atoms with E-state index in [1.54, 1.807) is 34.6 Å². The molecule has 0 aromatic carbocycles. The lowest BCUT2D eigenvalue weighted by Crippen LogP contribution is -2.44. The Kier molecular flexibility index (Phi) is 30.4. The van der Waals surface area contributed by atoms with Gasteiger partial charge in [0.25, 0.3) is 0 Å². The largest absolute Gasteiger partial charge is 0.460 e.